The summed E-state index contributed by atoms with van der Waals surface area (Å²) >= 11 is 4.72. The molecule has 152 valence electrons. The third kappa shape index (κ3) is 5.70. The molecule has 1 heterocycles. The summed E-state index contributed by atoms with van der Waals surface area (Å²) < 4.78 is 0.890. The molecule has 0 aliphatic carbocycles. The maximum Gasteiger partial charge on any atom is 0.247 e. The van der Waals surface area contributed by atoms with Crippen molar-refractivity contribution in [2.75, 3.05) is 10.2 Å². The zero-order valence-corrected chi connectivity index (χ0v) is 19.0. The summed E-state index contributed by atoms with van der Waals surface area (Å²) in [5, 5.41) is 2.44. The van der Waals surface area contributed by atoms with Crippen molar-refractivity contribution in [2.24, 2.45) is 5.41 Å². The highest BCUT2D eigenvalue weighted by Gasteiger charge is 2.40. The van der Waals surface area contributed by atoms with Gasteiger partial charge in [0.1, 0.15) is 0 Å². The Hall–Kier alpha value is -2.12. The monoisotopic (exact) mass is 474 g/mol. The van der Waals surface area contributed by atoms with Crippen LogP contribution in [-0.2, 0) is 14.4 Å². The number of benzene rings is 2. The molecular formula is C22H23BrN2O3S. The van der Waals surface area contributed by atoms with Crippen molar-refractivity contribution >= 4 is 56.8 Å². The Labute approximate surface area is 183 Å². The molecule has 0 aromatic heterocycles. The minimum atomic E-state index is -0.451. The molecule has 3 rings (SSSR count). The highest BCUT2D eigenvalue weighted by molar-refractivity contribution is 9.10. The number of hydrogen-bond acceptors (Lipinski definition) is 4. The standard InChI is InChI=1S/C22H23BrN2O3S/c1-22(2,3)13-19(26)24-15-6-10-17(11-7-15)29-18-12-20(27)25(21(18)28)16-8-4-14(23)5-9-16/h4-11,18H,12-13H2,1-3H3,(H,24,26). The summed E-state index contributed by atoms with van der Waals surface area (Å²) in [7, 11) is 0. The molecule has 3 amide bonds. The Bertz CT molecular complexity index is 921. The molecule has 1 aliphatic rings. The molecule has 1 aliphatic heterocycles. The van der Waals surface area contributed by atoms with E-state index >= 15 is 0 Å². The molecule has 0 radical (unpaired) electrons. The van der Waals surface area contributed by atoms with Gasteiger partial charge in [-0.15, -0.1) is 11.8 Å². The maximum atomic E-state index is 12.8. The number of carbonyl (C=O) groups excluding carboxylic acids is 3. The van der Waals surface area contributed by atoms with Gasteiger partial charge in [-0.3, -0.25) is 14.4 Å². The molecule has 1 atom stereocenters. The van der Waals surface area contributed by atoms with Crippen molar-refractivity contribution in [3.05, 3.63) is 53.0 Å². The van der Waals surface area contributed by atoms with Crippen molar-refractivity contribution in [3.63, 3.8) is 0 Å². The van der Waals surface area contributed by atoms with Gasteiger partial charge in [-0.2, -0.15) is 0 Å². The number of halogens is 1. The number of thioether (sulfide) groups is 1. The minimum Gasteiger partial charge on any atom is -0.326 e. The number of amides is 3. The van der Waals surface area contributed by atoms with Gasteiger partial charge in [0.2, 0.25) is 17.7 Å². The molecule has 0 saturated carbocycles. The molecular weight excluding hydrogens is 452 g/mol. The third-order valence-electron chi connectivity index (χ3n) is 4.30. The van der Waals surface area contributed by atoms with Gasteiger partial charge in [-0.05, 0) is 53.9 Å². The summed E-state index contributed by atoms with van der Waals surface area (Å²) in [5.41, 5.74) is 1.23. The molecule has 1 saturated heterocycles. The van der Waals surface area contributed by atoms with Crippen LogP contribution in [0.2, 0.25) is 0 Å². The topological polar surface area (TPSA) is 66.5 Å². The van der Waals surface area contributed by atoms with Crippen LogP contribution in [0.1, 0.15) is 33.6 Å². The molecule has 1 fully saturated rings. The van der Waals surface area contributed by atoms with Gasteiger partial charge in [0.15, 0.2) is 0 Å². The first-order chi connectivity index (χ1) is 13.6. The fraction of sp³-hybridized carbons (Fsp3) is 0.318. The van der Waals surface area contributed by atoms with Crippen LogP contribution in [0.5, 0.6) is 0 Å². The zero-order valence-electron chi connectivity index (χ0n) is 16.6. The van der Waals surface area contributed by atoms with Gasteiger partial charge in [-0.1, -0.05) is 36.7 Å². The number of carbonyl (C=O) groups is 3. The smallest absolute Gasteiger partial charge is 0.247 e. The van der Waals surface area contributed by atoms with E-state index < -0.39 is 5.25 Å². The lowest BCUT2D eigenvalue weighted by Crippen LogP contribution is -2.31. The van der Waals surface area contributed by atoms with Gasteiger partial charge < -0.3 is 5.32 Å². The van der Waals surface area contributed by atoms with Crippen LogP contribution in [-0.4, -0.2) is 23.0 Å². The summed E-state index contributed by atoms with van der Waals surface area (Å²) in [6, 6.07) is 14.5. The highest BCUT2D eigenvalue weighted by atomic mass is 79.9. The molecule has 5 nitrogen and oxygen atoms in total. The van der Waals surface area contributed by atoms with E-state index in [-0.39, 0.29) is 29.6 Å². The Kier molecular flexibility index (Phi) is 6.49. The lowest BCUT2D eigenvalue weighted by molar-refractivity contribution is -0.121. The summed E-state index contributed by atoms with van der Waals surface area (Å²) in [6.45, 7) is 6.05. The van der Waals surface area contributed by atoms with E-state index in [1.165, 1.54) is 16.7 Å². The summed E-state index contributed by atoms with van der Waals surface area (Å²) in [5.74, 6) is -0.426. The van der Waals surface area contributed by atoms with E-state index in [0.29, 0.717) is 17.8 Å². The zero-order chi connectivity index (χ0) is 21.2. The highest BCUT2D eigenvalue weighted by Crippen LogP contribution is 2.34. The van der Waals surface area contributed by atoms with Crippen LogP contribution in [0, 0.1) is 5.41 Å². The first kappa shape index (κ1) is 21.6. The van der Waals surface area contributed by atoms with Crippen molar-refractivity contribution in [1.82, 2.24) is 0 Å². The molecule has 2 aromatic carbocycles. The largest absolute Gasteiger partial charge is 0.326 e. The van der Waals surface area contributed by atoms with E-state index in [1.54, 1.807) is 12.1 Å². The molecule has 2 aromatic rings. The normalized spacial score (nSPS) is 17.0. The minimum absolute atomic E-state index is 0.0281. The Morgan fingerprint density at radius 2 is 1.72 bits per heavy atom. The van der Waals surface area contributed by atoms with Crippen molar-refractivity contribution in [1.29, 1.82) is 0 Å². The molecule has 0 bridgehead atoms. The Balaban J connectivity index is 1.63. The van der Waals surface area contributed by atoms with Crippen molar-refractivity contribution in [2.45, 2.75) is 43.8 Å². The SMILES string of the molecule is CC(C)(C)CC(=O)Nc1ccc(SC2CC(=O)N(c3ccc(Br)cc3)C2=O)cc1. The van der Waals surface area contributed by atoms with Crippen LogP contribution >= 0.6 is 27.7 Å². The molecule has 1 unspecified atom stereocenters. The summed E-state index contributed by atoms with van der Waals surface area (Å²) in [6.07, 6.45) is 0.609. The number of nitrogens with zero attached hydrogens (tertiary/aromatic N) is 1. The van der Waals surface area contributed by atoms with Crippen molar-refractivity contribution in [3.8, 4) is 0 Å². The van der Waals surface area contributed by atoms with Crippen LogP contribution in [0.4, 0.5) is 11.4 Å². The van der Waals surface area contributed by atoms with Gasteiger partial charge in [0.25, 0.3) is 0 Å². The fourth-order valence-electron chi connectivity index (χ4n) is 3.03. The maximum absolute atomic E-state index is 12.8. The van der Waals surface area contributed by atoms with Gasteiger partial charge in [-0.25, -0.2) is 4.90 Å². The predicted molar refractivity (Wildman–Crippen MR) is 120 cm³/mol. The molecule has 0 spiro atoms. The molecule has 29 heavy (non-hydrogen) atoms. The predicted octanol–water partition coefficient (Wildman–Crippen LogP) is 5.25. The lowest BCUT2D eigenvalue weighted by Gasteiger charge is -2.17. The van der Waals surface area contributed by atoms with Crippen LogP contribution in [0.3, 0.4) is 0 Å². The average Bonchev–Trinajstić information content (AvgIpc) is 2.89. The van der Waals surface area contributed by atoms with E-state index in [9.17, 15) is 14.4 Å². The number of imide groups is 1. The van der Waals surface area contributed by atoms with Gasteiger partial charge in [0.05, 0.1) is 10.9 Å². The second-order valence-corrected chi connectivity index (χ2v) is 10.4. The van der Waals surface area contributed by atoms with E-state index in [0.717, 1.165) is 9.37 Å². The molecule has 7 heteroatoms. The molecule has 1 N–H and O–H groups in total. The summed E-state index contributed by atoms with van der Waals surface area (Å²) in [4.78, 5) is 39.3. The average molecular weight is 475 g/mol. The Morgan fingerprint density at radius 3 is 2.31 bits per heavy atom. The first-order valence-electron chi connectivity index (χ1n) is 9.31. The number of hydrogen-bond donors (Lipinski definition) is 1. The quantitative estimate of drug-likeness (QED) is 0.600. The van der Waals surface area contributed by atoms with Crippen LogP contribution in [0.15, 0.2) is 57.9 Å². The number of nitrogens with one attached hydrogen (secondary N) is 1. The first-order valence-corrected chi connectivity index (χ1v) is 11.0. The fourth-order valence-corrected chi connectivity index (χ4v) is 4.34. The van der Waals surface area contributed by atoms with Crippen molar-refractivity contribution < 1.29 is 14.4 Å². The lowest BCUT2D eigenvalue weighted by atomic mass is 9.92. The van der Waals surface area contributed by atoms with Crippen LogP contribution < -0.4 is 10.2 Å². The number of anilines is 2. The third-order valence-corrected chi connectivity index (χ3v) is 6.02. The van der Waals surface area contributed by atoms with E-state index in [2.05, 4.69) is 21.2 Å². The van der Waals surface area contributed by atoms with Crippen LogP contribution in [0.25, 0.3) is 0 Å². The van der Waals surface area contributed by atoms with E-state index in [1.807, 2.05) is 57.2 Å². The second-order valence-electron chi connectivity index (χ2n) is 8.16. The number of rotatable bonds is 5. The second kappa shape index (κ2) is 8.71. The van der Waals surface area contributed by atoms with E-state index in [4.69, 9.17) is 0 Å². The van der Waals surface area contributed by atoms with Gasteiger partial charge in [0, 0.05) is 27.9 Å². The van der Waals surface area contributed by atoms with Gasteiger partial charge >= 0.3 is 0 Å². The Morgan fingerprint density at radius 1 is 1.10 bits per heavy atom.